The highest BCUT2D eigenvalue weighted by molar-refractivity contribution is 6.07. The van der Waals surface area contributed by atoms with Gasteiger partial charge in [0.1, 0.15) is 11.4 Å². The average Bonchev–Trinajstić information content (AvgIpc) is 2.95. The number of alkyl halides is 3. The molecule has 0 unspecified atom stereocenters. The van der Waals surface area contributed by atoms with Gasteiger partial charge >= 0.3 is 12.2 Å². The largest absolute Gasteiger partial charge is 0.416 e. The van der Waals surface area contributed by atoms with Crippen molar-refractivity contribution >= 4 is 17.8 Å². The van der Waals surface area contributed by atoms with Crippen LogP contribution in [-0.2, 0) is 11.0 Å². The van der Waals surface area contributed by atoms with E-state index in [9.17, 15) is 22.8 Å². The van der Waals surface area contributed by atoms with Crippen LogP contribution in [0.2, 0.25) is 0 Å². The van der Waals surface area contributed by atoms with Crippen molar-refractivity contribution in [3.63, 3.8) is 0 Å². The lowest BCUT2D eigenvalue weighted by Crippen LogP contribution is -2.55. The van der Waals surface area contributed by atoms with Crippen LogP contribution in [-0.4, -0.2) is 35.6 Å². The Kier molecular flexibility index (Phi) is 4.24. The third-order valence-electron chi connectivity index (χ3n) is 5.22. The van der Waals surface area contributed by atoms with E-state index in [1.165, 1.54) is 6.07 Å². The summed E-state index contributed by atoms with van der Waals surface area (Å²) in [5.41, 5.74) is -0.504. The third-order valence-corrected chi connectivity index (χ3v) is 5.22. The van der Waals surface area contributed by atoms with E-state index in [1.54, 1.807) is 24.4 Å². The van der Waals surface area contributed by atoms with E-state index in [0.29, 0.717) is 42.9 Å². The molecule has 1 aromatic heterocycles. The summed E-state index contributed by atoms with van der Waals surface area (Å²) in [6.07, 6.45) is -1.99. The van der Waals surface area contributed by atoms with Crippen LogP contribution in [0.1, 0.15) is 18.4 Å². The lowest BCUT2D eigenvalue weighted by atomic mass is 9.87. The summed E-state index contributed by atoms with van der Waals surface area (Å²) in [6.45, 7) is 0.986. The molecule has 28 heavy (non-hydrogen) atoms. The number of carbonyl (C=O) groups excluding carboxylic acids is 2. The number of benzene rings is 1. The van der Waals surface area contributed by atoms with E-state index in [4.69, 9.17) is 0 Å². The van der Waals surface area contributed by atoms with Crippen molar-refractivity contribution in [1.29, 1.82) is 0 Å². The molecule has 9 heteroatoms. The summed E-state index contributed by atoms with van der Waals surface area (Å²) in [7, 11) is 0. The Morgan fingerprint density at radius 1 is 1.04 bits per heavy atom. The Hall–Kier alpha value is -3.10. The van der Waals surface area contributed by atoms with Gasteiger partial charge in [-0.3, -0.25) is 10.1 Å². The lowest BCUT2D eigenvalue weighted by Gasteiger charge is -2.37. The minimum Gasteiger partial charge on any atom is -0.356 e. The molecule has 6 nitrogen and oxygen atoms in total. The van der Waals surface area contributed by atoms with Crippen LogP contribution in [0, 0.1) is 0 Å². The number of halogens is 3. The van der Waals surface area contributed by atoms with Crippen molar-refractivity contribution in [2.45, 2.75) is 24.6 Å². The number of anilines is 1. The fraction of sp³-hybridized carbons (Fsp3) is 0.316. The van der Waals surface area contributed by atoms with Crippen LogP contribution in [0.25, 0.3) is 11.1 Å². The second-order valence-electron chi connectivity index (χ2n) is 6.96. The second kappa shape index (κ2) is 6.50. The highest BCUT2D eigenvalue weighted by Crippen LogP contribution is 2.33. The summed E-state index contributed by atoms with van der Waals surface area (Å²) >= 11 is 0. The van der Waals surface area contributed by atoms with Crippen molar-refractivity contribution in [3.8, 4) is 11.1 Å². The number of amides is 3. The summed E-state index contributed by atoms with van der Waals surface area (Å²) in [5.74, 6) is 0.303. The number of aromatic nitrogens is 1. The molecule has 2 aliphatic heterocycles. The maximum atomic E-state index is 13.0. The molecule has 2 aliphatic rings. The molecule has 2 saturated heterocycles. The molecule has 0 saturated carbocycles. The molecule has 3 amide bonds. The maximum absolute atomic E-state index is 13.0. The topological polar surface area (TPSA) is 74.3 Å². The minimum absolute atomic E-state index is 0.317. The molecule has 2 aromatic rings. The molecule has 2 N–H and O–H groups in total. The Morgan fingerprint density at radius 2 is 1.75 bits per heavy atom. The zero-order valence-electron chi connectivity index (χ0n) is 14.7. The van der Waals surface area contributed by atoms with Crippen LogP contribution >= 0.6 is 0 Å². The number of nitrogens with one attached hydrogen (secondary N) is 2. The lowest BCUT2D eigenvalue weighted by molar-refractivity contribution is -0.137. The quantitative estimate of drug-likeness (QED) is 0.774. The van der Waals surface area contributed by atoms with Gasteiger partial charge in [-0.2, -0.15) is 13.2 Å². The molecule has 0 radical (unpaired) electrons. The van der Waals surface area contributed by atoms with Crippen LogP contribution in [0.15, 0.2) is 42.6 Å². The van der Waals surface area contributed by atoms with Crippen molar-refractivity contribution in [2.75, 3.05) is 18.0 Å². The molecule has 0 aliphatic carbocycles. The van der Waals surface area contributed by atoms with Gasteiger partial charge in [-0.1, -0.05) is 12.1 Å². The van der Waals surface area contributed by atoms with Crippen LogP contribution in [0.4, 0.5) is 23.8 Å². The fourth-order valence-corrected chi connectivity index (χ4v) is 3.64. The summed E-state index contributed by atoms with van der Waals surface area (Å²) in [5, 5.41) is 4.96. The Labute approximate surface area is 158 Å². The van der Waals surface area contributed by atoms with E-state index in [-0.39, 0.29) is 5.91 Å². The number of rotatable bonds is 2. The van der Waals surface area contributed by atoms with Gasteiger partial charge in [0.2, 0.25) is 0 Å². The van der Waals surface area contributed by atoms with Gasteiger partial charge in [0.05, 0.1) is 5.56 Å². The first-order chi connectivity index (χ1) is 13.3. The van der Waals surface area contributed by atoms with Gasteiger partial charge in [-0.05, 0) is 48.2 Å². The molecule has 0 atom stereocenters. The summed E-state index contributed by atoms with van der Waals surface area (Å²) < 4.78 is 38.9. The molecule has 146 valence electrons. The third kappa shape index (κ3) is 3.28. The molecule has 1 aromatic carbocycles. The predicted molar refractivity (Wildman–Crippen MR) is 95.5 cm³/mol. The number of pyridine rings is 1. The molecular weight excluding hydrogens is 373 g/mol. The number of hydrogen-bond acceptors (Lipinski definition) is 4. The molecular formula is C19H17F3N4O2. The first kappa shape index (κ1) is 18.3. The monoisotopic (exact) mass is 390 g/mol. The molecule has 0 bridgehead atoms. The Morgan fingerprint density at radius 3 is 2.39 bits per heavy atom. The van der Waals surface area contributed by atoms with Crippen molar-refractivity contribution in [1.82, 2.24) is 15.6 Å². The van der Waals surface area contributed by atoms with E-state index >= 15 is 0 Å². The fourth-order valence-electron chi connectivity index (χ4n) is 3.64. The highest BCUT2D eigenvalue weighted by Gasteiger charge is 2.48. The highest BCUT2D eigenvalue weighted by atomic mass is 19.4. The van der Waals surface area contributed by atoms with E-state index in [2.05, 4.69) is 15.6 Å². The van der Waals surface area contributed by atoms with Gasteiger partial charge < -0.3 is 10.2 Å². The van der Waals surface area contributed by atoms with Gasteiger partial charge in [0.25, 0.3) is 5.91 Å². The zero-order valence-corrected chi connectivity index (χ0v) is 14.7. The summed E-state index contributed by atoms with van der Waals surface area (Å²) in [6, 6.07) is 8.07. The predicted octanol–water partition coefficient (Wildman–Crippen LogP) is 2.95. The number of piperidine rings is 1. The molecule has 3 heterocycles. The number of hydrogen-bond donors (Lipinski definition) is 2. The van der Waals surface area contributed by atoms with Gasteiger partial charge in [0, 0.05) is 19.3 Å². The van der Waals surface area contributed by atoms with Gasteiger partial charge in [-0.25, -0.2) is 9.78 Å². The number of urea groups is 1. The number of carbonyl (C=O) groups is 2. The van der Waals surface area contributed by atoms with Crippen molar-refractivity contribution in [3.05, 3.63) is 48.2 Å². The van der Waals surface area contributed by atoms with Gasteiger partial charge in [-0.15, -0.1) is 0 Å². The van der Waals surface area contributed by atoms with E-state index in [1.807, 2.05) is 4.90 Å². The van der Waals surface area contributed by atoms with Crippen LogP contribution in [0.3, 0.4) is 0 Å². The van der Waals surface area contributed by atoms with E-state index < -0.39 is 23.3 Å². The second-order valence-corrected chi connectivity index (χ2v) is 6.96. The molecule has 2 fully saturated rings. The van der Waals surface area contributed by atoms with Crippen molar-refractivity contribution in [2.24, 2.45) is 0 Å². The van der Waals surface area contributed by atoms with Crippen molar-refractivity contribution < 1.29 is 22.8 Å². The van der Waals surface area contributed by atoms with Gasteiger partial charge in [0.15, 0.2) is 0 Å². The SMILES string of the molecule is O=C1NC(=O)C2(CCN(c3cc(-c4cccc(C(F)(F)F)c4)ccn3)CC2)N1. The summed E-state index contributed by atoms with van der Waals surface area (Å²) in [4.78, 5) is 29.7. The number of imide groups is 1. The zero-order chi connectivity index (χ0) is 19.9. The first-order valence-electron chi connectivity index (χ1n) is 8.79. The molecule has 4 rings (SSSR count). The normalized spacial score (nSPS) is 18.9. The standard InChI is InChI=1S/C19H17F3N4O2/c20-19(21,22)14-3-1-2-12(10-14)13-4-7-23-15(11-13)26-8-5-18(6-9-26)16(27)24-17(28)25-18/h1-4,7,10-11H,5-6,8-9H2,(H2,24,25,27,28). The Balaban J connectivity index is 1.54. The molecule has 1 spiro atoms. The first-order valence-corrected chi connectivity index (χ1v) is 8.79. The van der Waals surface area contributed by atoms with Crippen LogP contribution in [0.5, 0.6) is 0 Å². The average molecular weight is 390 g/mol. The van der Waals surface area contributed by atoms with Crippen LogP contribution < -0.4 is 15.5 Å². The Bertz CT molecular complexity index is 937. The van der Waals surface area contributed by atoms with E-state index in [0.717, 1.165) is 12.1 Å². The number of nitrogens with zero attached hydrogens (tertiary/aromatic N) is 2. The smallest absolute Gasteiger partial charge is 0.356 e. The minimum atomic E-state index is -4.40. The maximum Gasteiger partial charge on any atom is 0.416 e.